The number of methoxy groups -OCH3 is 1. The molecule has 0 saturated carbocycles. The highest BCUT2D eigenvalue weighted by atomic mass is 16.5. The van der Waals surface area contributed by atoms with Crippen molar-refractivity contribution < 1.29 is 14.3 Å². The maximum atomic E-state index is 12.1. The number of pyridine rings is 1. The summed E-state index contributed by atoms with van der Waals surface area (Å²) < 4.78 is 4.89. The number of aromatic nitrogens is 1. The summed E-state index contributed by atoms with van der Waals surface area (Å²) in [5.41, 5.74) is 4.26. The van der Waals surface area contributed by atoms with Crippen LogP contribution in [0, 0.1) is 0 Å². The highest BCUT2D eigenvalue weighted by Crippen LogP contribution is 2.31. The van der Waals surface area contributed by atoms with Gasteiger partial charge in [-0.15, -0.1) is 0 Å². The molecule has 0 aliphatic carbocycles. The lowest BCUT2D eigenvalue weighted by molar-refractivity contribution is -0.143. The minimum absolute atomic E-state index is 0.354. The number of ether oxygens (including phenoxy) is 1. The Balaban J connectivity index is 2.25. The van der Waals surface area contributed by atoms with Crippen molar-refractivity contribution in [3.05, 3.63) is 65.9 Å². The van der Waals surface area contributed by atoms with E-state index in [-0.39, 0.29) is 0 Å². The predicted octanol–water partition coefficient (Wildman–Crippen LogP) is 3.08. The highest BCUT2D eigenvalue weighted by Gasteiger charge is 2.22. The molecular weight excluding hydrogens is 328 g/mol. The molecule has 132 valence electrons. The molecule has 0 bridgehead atoms. The molecule has 1 heterocycles. The number of hydrogen-bond acceptors (Lipinski definition) is 5. The maximum Gasteiger partial charge on any atom is 0.329 e. The van der Waals surface area contributed by atoms with Gasteiger partial charge in [-0.3, -0.25) is 4.98 Å². The second-order valence-electron chi connectivity index (χ2n) is 5.93. The van der Waals surface area contributed by atoms with Crippen LogP contribution in [0.25, 0.3) is 22.0 Å². The summed E-state index contributed by atoms with van der Waals surface area (Å²) in [5, 5.41) is 3.90. The van der Waals surface area contributed by atoms with E-state index in [9.17, 15) is 9.59 Å². The van der Waals surface area contributed by atoms with Gasteiger partial charge in [-0.05, 0) is 41.9 Å². The number of nitrogens with zero attached hydrogens (tertiary/aromatic N) is 1. The van der Waals surface area contributed by atoms with Gasteiger partial charge in [-0.1, -0.05) is 36.4 Å². The summed E-state index contributed by atoms with van der Waals surface area (Å²) in [5.74, 6) is -0.393. The third-order valence-corrected chi connectivity index (χ3v) is 4.32. The van der Waals surface area contributed by atoms with Gasteiger partial charge in [0.25, 0.3) is 0 Å². The van der Waals surface area contributed by atoms with Gasteiger partial charge in [0.15, 0.2) is 0 Å². The number of fused-ring (bicyclic) bond motifs is 1. The van der Waals surface area contributed by atoms with Gasteiger partial charge in [-0.2, -0.15) is 0 Å². The maximum absolute atomic E-state index is 12.1. The topological polar surface area (TPSA) is 68.3 Å². The minimum atomic E-state index is -0.651. The van der Waals surface area contributed by atoms with Crippen molar-refractivity contribution in [2.45, 2.75) is 12.5 Å². The number of hydrogen-bond donors (Lipinski definition) is 1. The smallest absolute Gasteiger partial charge is 0.329 e. The Morgan fingerprint density at radius 2 is 1.96 bits per heavy atom. The van der Waals surface area contributed by atoms with Gasteiger partial charge < -0.3 is 14.8 Å². The molecule has 1 N–H and O–H groups in total. The van der Waals surface area contributed by atoms with Gasteiger partial charge in [0.05, 0.1) is 18.3 Å². The van der Waals surface area contributed by atoms with E-state index in [4.69, 9.17) is 4.74 Å². The Hall–Kier alpha value is -3.05. The zero-order valence-electron chi connectivity index (χ0n) is 14.7. The lowest BCUT2D eigenvalue weighted by Gasteiger charge is -2.16. The third kappa shape index (κ3) is 3.48. The lowest BCUT2D eigenvalue weighted by Crippen LogP contribution is -2.27. The normalized spacial score (nSPS) is 11.9. The monoisotopic (exact) mass is 348 g/mol. The summed E-state index contributed by atoms with van der Waals surface area (Å²) >= 11 is 0. The average molecular weight is 348 g/mol. The van der Waals surface area contributed by atoms with Crippen LogP contribution >= 0.6 is 0 Å². The molecule has 2 aromatic carbocycles. The van der Waals surface area contributed by atoms with Crippen LogP contribution in [0.2, 0.25) is 0 Å². The molecule has 0 saturated heterocycles. The predicted molar refractivity (Wildman–Crippen MR) is 101 cm³/mol. The third-order valence-electron chi connectivity index (χ3n) is 4.32. The molecule has 3 rings (SSSR count). The first kappa shape index (κ1) is 17.8. The Bertz CT molecular complexity index is 939. The molecular formula is C21H20N2O3. The molecule has 0 amide bonds. The van der Waals surface area contributed by atoms with E-state index in [2.05, 4.69) is 10.3 Å². The standard InChI is InChI=1S/C21H20N2O3/c1-22-20(21(25)26-2)19-13-16(15-6-4-3-5-7-15)17-12-14(10-11-24)8-9-18(17)23-19/h3-9,11-13,20,22H,10H2,1-2H3. The summed E-state index contributed by atoms with van der Waals surface area (Å²) in [6, 6.07) is 16.9. The van der Waals surface area contributed by atoms with Crippen LogP contribution in [0.3, 0.4) is 0 Å². The first-order chi connectivity index (χ1) is 12.7. The van der Waals surface area contributed by atoms with Gasteiger partial charge >= 0.3 is 5.97 Å². The SMILES string of the molecule is CNC(C(=O)OC)c1cc(-c2ccccc2)c2cc(CC=O)ccc2n1. The van der Waals surface area contributed by atoms with E-state index < -0.39 is 12.0 Å². The molecule has 26 heavy (non-hydrogen) atoms. The van der Waals surface area contributed by atoms with Crippen LogP contribution in [0.5, 0.6) is 0 Å². The summed E-state index contributed by atoms with van der Waals surface area (Å²) in [7, 11) is 3.06. The molecule has 0 aliphatic heterocycles. The van der Waals surface area contributed by atoms with Crippen LogP contribution in [0.4, 0.5) is 0 Å². The van der Waals surface area contributed by atoms with Crippen molar-refractivity contribution in [2.24, 2.45) is 0 Å². The van der Waals surface area contributed by atoms with Gasteiger partial charge in [0.2, 0.25) is 0 Å². The number of rotatable bonds is 6. The Morgan fingerprint density at radius 3 is 2.62 bits per heavy atom. The molecule has 5 heteroatoms. The number of carbonyl (C=O) groups is 2. The molecule has 0 fully saturated rings. The summed E-state index contributed by atoms with van der Waals surface area (Å²) in [4.78, 5) is 27.6. The quantitative estimate of drug-likeness (QED) is 0.548. The fourth-order valence-corrected chi connectivity index (χ4v) is 3.03. The van der Waals surface area contributed by atoms with Gasteiger partial charge in [-0.25, -0.2) is 4.79 Å². The Morgan fingerprint density at radius 1 is 1.19 bits per heavy atom. The summed E-state index contributed by atoms with van der Waals surface area (Å²) in [6.07, 6.45) is 1.24. The fraction of sp³-hybridized carbons (Fsp3) is 0.190. The second-order valence-corrected chi connectivity index (χ2v) is 5.93. The zero-order chi connectivity index (χ0) is 18.5. The van der Waals surface area contributed by atoms with Crippen molar-refractivity contribution in [3.63, 3.8) is 0 Å². The molecule has 3 aromatic rings. The Labute approximate surface area is 152 Å². The van der Waals surface area contributed by atoms with Gasteiger partial charge in [0.1, 0.15) is 12.3 Å². The lowest BCUT2D eigenvalue weighted by atomic mass is 9.97. The largest absolute Gasteiger partial charge is 0.468 e. The van der Waals surface area contributed by atoms with Crippen molar-refractivity contribution in [3.8, 4) is 11.1 Å². The van der Waals surface area contributed by atoms with E-state index in [1.165, 1.54) is 7.11 Å². The van der Waals surface area contributed by atoms with Gasteiger partial charge in [0, 0.05) is 11.8 Å². The molecule has 1 atom stereocenters. The van der Waals surface area contributed by atoms with Crippen LogP contribution in [0.15, 0.2) is 54.6 Å². The van der Waals surface area contributed by atoms with Crippen LogP contribution in [-0.2, 0) is 20.7 Å². The minimum Gasteiger partial charge on any atom is -0.468 e. The molecule has 0 aliphatic rings. The zero-order valence-corrected chi connectivity index (χ0v) is 14.7. The Kier molecular flexibility index (Phi) is 5.39. The van der Waals surface area contributed by atoms with E-state index in [1.54, 1.807) is 7.05 Å². The number of benzene rings is 2. The molecule has 5 nitrogen and oxygen atoms in total. The number of aldehydes is 1. The first-order valence-electron chi connectivity index (χ1n) is 8.35. The van der Waals surface area contributed by atoms with E-state index >= 15 is 0 Å². The number of carbonyl (C=O) groups excluding carboxylic acids is 2. The van der Waals surface area contributed by atoms with E-state index in [1.807, 2.05) is 54.6 Å². The van der Waals surface area contributed by atoms with Crippen molar-refractivity contribution in [1.29, 1.82) is 0 Å². The number of likely N-dealkylation sites (N-methyl/N-ethyl adjacent to an activating group) is 1. The van der Waals surface area contributed by atoms with Crippen molar-refractivity contribution >= 4 is 23.2 Å². The first-order valence-corrected chi connectivity index (χ1v) is 8.35. The van der Waals surface area contributed by atoms with Crippen molar-refractivity contribution in [2.75, 3.05) is 14.2 Å². The summed E-state index contributed by atoms with van der Waals surface area (Å²) in [6.45, 7) is 0. The molecule has 1 aromatic heterocycles. The number of esters is 1. The van der Waals surface area contributed by atoms with Crippen LogP contribution in [-0.4, -0.2) is 31.4 Å². The fourth-order valence-electron chi connectivity index (χ4n) is 3.03. The van der Waals surface area contributed by atoms with Crippen LogP contribution in [0.1, 0.15) is 17.3 Å². The van der Waals surface area contributed by atoms with Crippen LogP contribution < -0.4 is 5.32 Å². The van der Waals surface area contributed by atoms with E-state index in [0.717, 1.165) is 33.9 Å². The molecule has 1 unspecified atom stereocenters. The average Bonchev–Trinajstić information content (AvgIpc) is 2.69. The highest BCUT2D eigenvalue weighted by molar-refractivity contribution is 5.96. The number of nitrogens with one attached hydrogen (secondary N) is 1. The molecule has 0 spiro atoms. The van der Waals surface area contributed by atoms with E-state index in [0.29, 0.717) is 12.1 Å². The van der Waals surface area contributed by atoms with Crippen molar-refractivity contribution in [1.82, 2.24) is 10.3 Å². The molecule has 0 radical (unpaired) electrons. The second kappa shape index (κ2) is 7.89.